The van der Waals surface area contributed by atoms with Crippen LogP contribution in [0, 0.1) is 23.7 Å². The van der Waals surface area contributed by atoms with Crippen LogP contribution in [-0.2, 0) is 4.79 Å². The Labute approximate surface area is 93.1 Å². The molecule has 0 aromatic heterocycles. The summed E-state index contributed by atoms with van der Waals surface area (Å²) in [6, 6.07) is 0. The van der Waals surface area contributed by atoms with Gasteiger partial charge in [0.2, 0.25) is 0 Å². The lowest BCUT2D eigenvalue weighted by atomic mass is 9.74. The highest BCUT2D eigenvalue weighted by Gasteiger charge is 2.31. The average Bonchev–Trinajstić information content (AvgIpc) is 2.15. The van der Waals surface area contributed by atoms with Crippen molar-refractivity contribution < 1.29 is 9.90 Å². The maximum atomic E-state index is 11.2. The Morgan fingerprint density at radius 2 is 1.80 bits per heavy atom. The number of hydrogen-bond acceptors (Lipinski definition) is 1. The molecule has 0 amide bonds. The summed E-state index contributed by atoms with van der Waals surface area (Å²) in [5.74, 6) is 1.04. The Balaban J connectivity index is 2.52. The van der Waals surface area contributed by atoms with Crippen molar-refractivity contribution in [1.29, 1.82) is 0 Å². The van der Waals surface area contributed by atoms with E-state index in [1.54, 1.807) is 0 Å². The fraction of sp³-hybridized carbons (Fsp3) is 0.923. The van der Waals surface area contributed by atoms with Gasteiger partial charge < -0.3 is 5.11 Å². The summed E-state index contributed by atoms with van der Waals surface area (Å²) in [5, 5.41) is 9.24. The van der Waals surface area contributed by atoms with Crippen molar-refractivity contribution in [3.8, 4) is 0 Å². The van der Waals surface area contributed by atoms with Crippen LogP contribution in [0.2, 0.25) is 0 Å². The van der Waals surface area contributed by atoms with Crippen LogP contribution in [0.4, 0.5) is 0 Å². The molecule has 0 saturated heterocycles. The lowest BCUT2D eigenvalue weighted by Crippen LogP contribution is -2.28. The minimum atomic E-state index is -0.580. The second-order valence-electron chi connectivity index (χ2n) is 5.59. The van der Waals surface area contributed by atoms with Gasteiger partial charge in [0.15, 0.2) is 0 Å². The van der Waals surface area contributed by atoms with Crippen molar-refractivity contribution >= 4 is 5.97 Å². The molecule has 15 heavy (non-hydrogen) atoms. The third-order valence-corrected chi connectivity index (χ3v) is 3.67. The fourth-order valence-corrected chi connectivity index (χ4v) is 2.69. The van der Waals surface area contributed by atoms with Gasteiger partial charge in [0.1, 0.15) is 0 Å². The summed E-state index contributed by atoms with van der Waals surface area (Å²) in [5.41, 5.74) is 0. The van der Waals surface area contributed by atoms with E-state index in [0.29, 0.717) is 11.8 Å². The monoisotopic (exact) mass is 212 g/mol. The van der Waals surface area contributed by atoms with Gasteiger partial charge in [-0.2, -0.15) is 0 Å². The molecule has 1 rings (SSSR count). The van der Waals surface area contributed by atoms with Crippen molar-refractivity contribution in [2.24, 2.45) is 23.7 Å². The highest BCUT2D eigenvalue weighted by Crippen LogP contribution is 2.35. The van der Waals surface area contributed by atoms with Crippen LogP contribution in [0.5, 0.6) is 0 Å². The fourth-order valence-electron chi connectivity index (χ4n) is 2.69. The van der Waals surface area contributed by atoms with E-state index in [-0.39, 0.29) is 5.92 Å². The van der Waals surface area contributed by atoms with Crippen LogP contribution in [0.3, 0.4) is 0 Å². The van der Waals surface area contributed by atoms with E-state index in [1.165, 1.54) is 12.8 Å². The molecule has 0 bridgehead atoms. The molecule has 0 aromatic rings. The zero-order chi connectivity index (χ0) is 11.4. The summed E-state index contributed by atoms with van der Waals surface area (Å²) < 4.78 is 0. The van der Waals surface area contributed by atoms with Gasteiger partial charge in [0, 0.05) is 0 Å². The maximum Gasteiger partial charge on any atom is 0.306 e. The molecule has 1 saturated carbocycles. The molecule has 1 atom stereocenters. The van der Waals surface area contributed by atoms with Crippen LogP contribution in [0.15, 0.2) is 0 Å². The number of hydrogen-bond donors (Lipinski definition) is 1. The highest BCUT2D eigenvalue weighted by atomic mass is 16.4. The van der Waals surface area contributed by atoms with Crippen molar-refractivity contribution in [3.05, 3.63) is 0 Å². The van der Waals surface area contributed by atoms with Crippen molar-refractivity contribution in [1.82, 2.24) is 0 Å². The molecule has 88 valence electrons. The Kier molecular flexibility index (Phi) is 4.62. The first-order valence-electron chi connectivity index (χ1n) is 6.23. The SMILES string of the molecule is CC(C)CC(C(=O)O)C1CCC(C)CC1. The van der Waals surface area contributed by atoms with Gasteiger partial charge in [-0.1, -0.05) is 33.6 Å². The van der Waals surface area contributed by atoms with E-state index in [1.807, 2.05) is 0 Å². The second-order valence-corrected chi connectivity index (χ2v) is 5.59. The van der Waals surface area contributed by atoms with Gasteiger partial charge in [-0.05, 0) is 37.0 Å². The van der Waals surface area contributed by atoms with Crippen LogP contribution in [0.25, 0.3) is 0 Å². The summed E-state index contributed by atoms with van der Waals surface area (Å²) in [7, 11) is 0. The molecule has 0 aliphatic heterocycles. The van der Waals surface area contributed by atoms with E-state index >= 15 is 0 Å². The normalized spacial score (nSPS) is 29.1. The molecular formula is C13H24O2. The first-order valence-corrected chi connectivity index (χ1v) is 6.23. The van der Waals surface area contributed by atoms with Crippen LogP contribution in [0.1, 0.15) is 52.9 Å². The standard InChI is InChI=1S/C13H24O2/c1-9(2)8-12(13(14)15)11-6-4-10(3)5-7-11/h9-12H,4-8H2,1-3H3,(H,14,15). The largest absolute Gasteiger partial charge is 0.481 e. The van der Waals surface area contributed by atoms with E-state index in [0.717, 1.165) is 25.2 Å². The van der Waals surface area contributed by atoms with Crippen molar-refractivity contribution in [2.45, 2.75) is 52.9 Å². The predicted molar refractivity (Wildman–Crippen MR) is 61.7 cm³/mol. The summed E-state index contributed by atoms with van der Waals surface area (Å²) in [6.07, 6.45) is 5.50. The smallest absolute Gasteiger partial charge is 0.306 e. The lowest BCUT2D eigenvalue weighted by molar-refractivity contribution is -0.145. The first-order chi connectivity index (χ1) is 7.00. The topological polar surface area (TPSA) is 37.3 Å². The molecule has 0 spiro atoms. The zero-order valence-electron chi connectivity index (χ0n) is 10.2. The number of carbonyl (C=O) groups is 1. The zero-order valence-corrected chi connectivity index (χ0v) is 10.2. The lowest BCUT2D eigenvalue weighted by Gasteiger charge is -2.31. The average molecular weight is 212 g/mol. The molecule has 2 heteroatoms. The molecule has 1 N–H and O–H groups in total. The number of rotatable bonds is 4. The molecule has 2 nitrogen and oxygen atoms in total. The number of carboxylic acids is 1. The molecular weight excluding hydrogens is 188 g/mol. The Morgan fingerprint density at radius 3 is 2.20 bits per heavy atom. The van der Waals surface area contributed by atoms with Gasteiger partial charge in [0.05, 0.1) is 5.92 Å². The molecule has 0 aromatic carbocycles. The van der Waals surface area contributed by atoms with Crippen molar-refractivity contribution in [2.75, 3.05) is 0 Å². The third-order valence-electron chi connectivity index (χ3n) is 3.67. The molecule has 1 unspecified atom stereocenters. The molecule has 1 aliphatic carbocycles. The van der Waals surface area contributed by atoms with Crippen molar-refractivity contribution in [3.63, 3.8) is 0 Å². The van der Waals surface area contributed by atoms with Gasteiger partial charge in [-0.15, -0.1) is 0 Å². The van der Waals surface area contributed by atoms with Gasteiger partial charge in [0.25, 0.3) is 0 Å². The van der Waals surface area contributed by atoms with E-state index in [2.05, 4.69) is 20.8 Å². The van der Waals surface area contributed by atoms with Gasteiger partial charge >= 0.3 is 5.97 Å². The number of aliphatic carboxylic acids is 1. The minimum absolute atomic E-state index is 0.0995. The molecule has 1 fully saturated rings. The molecule has 1 aliphatic rings. The molecule has 0 heterocycles. The quantitative estimate of drug-likeness (QED) is 0.773. The van der Waals surface area contributed by atoms with E-state index in [4.69, 9.17) is 0 Å². The minimum Gasteiger partial charge on any atom is -0.481 e. The second kappa shape index (κ2) is 5.53. The molecule has 0 radical (unpaired) electrons. The number of carboxylic acid groups (broad SMARTS) is 1. The highest BCUT2D eigenvalue weighted by molar-refractivity contribution is 5.70. The summed E-state index contributed by atoms with van der Waals surface area (Å²) >= 11 is 0. The third kappa shape index (κ3) is 3.84. The van der Waals surface area contributed by atoms with Crippen LogP contribution >= 0.6 is 0 Å². The summed E-state index contributed by atoms with van der Waals surface area (Å²) in [6.45, 7) is 6.50. The first kappa shape index (κ1) is 12.5. The predicted octanol–water partition coefficient (Wildman–Crippen LogP) is 3.56. The van der Waals surface area contributed by atoms with Gasteiger partial charge in [-0.3, -0.25) is 4.79 Å². The van der Waals surface area contributed by atoms with E-state index in [9.17, 15) is 9.90 Å². The Hall–Kier alpha value is -0.530. The van der Waals surface area contributed by atoms with Crippen LogP contribution < -0.4 is 0 Å². The van der Waals surface area contributed by atoms with E-state index < -0.39 is 5.97 Å². The van der Waals surface area contributed by atoms with Crippen LogP contribution in [-0.4, -0.2) is 11.1 Å². The Morgan fingerprint density at radius 1 is 1.27 bits per heavy atom. The summed E-state index contributed by atoms with van der Waals surface area (Å²) in [4.78, 5) is 11.2. The van der Waals surface area contributed by atoms with Gasteiger partial charge in [-0.25, -0.2) is 0 Å². The maximum absolute atomic E-state index is 11.2. The Bertz CT molecular complexity index is 203.